The van der Waals surface area contributed by atoms with Crippen molar-refractivity contribution in [3.63, 3.8) is 0 Å². The highest BCUT2D eigenvalue weighted by Crippen LogP contribution is 2.37. The number of amides is 1. The number of hydrogen-bond donors (Lipinski definition) is 1. The van der Waals surface area contributed by atoms with Crippen LogP contribution in [-0.2, 0) is 9.47 Å². The lowest BCUT2D eigenvalue weighted by Gasteiger charge is -2.31. The van der Waals surface area contributed by atoms with Gasteiger partial charge in [0.1, 0.15) is 6.10 Å². The van der Waals surface area contributed by atoms with Gasteiger partial charge in [-0.3, -0.25) is 4.79 Å². The van der Waals surface area contributed by atoms with Crippen LogP contribution in [0.1, 0.15) is 42.5 Å². The normalized spacial score (nSPS) is 24.7. The van der Waals surface area contributed by atoms with Gasteiger partial charge in [-0.25, -0.2) is 0 Å². The summed E-state index contributed by atoms with van der Waals surface area (Å²) in [4.78, 5) is 12.0. The molecule has 108 valence electrons. The summed E-state index contributed by atoms with van der Waals surface area (Å²) in [6, 6.07) is 9.24. The first kappa shape index (κ1) is 13.6. The van der Waals surface area contributed by atoms with Gasteiger partial charge in [0, 0.05) is 24.9 Å². The molecule has 1 aromatic carbocycles. The molecule has 4 heteroatoms. The van der Waals surface area contributed by atoms with Crippen LogP contribution in [0.15, 0.2) is 30.3 Å². The van der Waals surface area contributed by atoms with Crippen molar-refractivity contribution in [1.29, 1.82) is 0 Å². The first-order chi connectivity index (χ1) is 9.77. The molecule has 0 bridgehead atoms. The molecule has 4 nitrogen and oxygen atoms in total. The van der Waals surface area contributed by atoms with Gasteiger partial charge in [0.25, 0.3) is 5.91 Å². The van der Waals surface area contributed by atoms with Crippen molar-refractivity contribution in [1.82, 2.24) is 5.32 Å². The van der Waals surface area contributed by atoms with Crippen LogP contribution in [0.25, 0.3) is 0 Å². The molecule has 0 radical (unpaired) electrons. The fraction of sp³-hybridized carbons (Fsp3) is 0.562. The quantitative estimate of drug-likeness (QED) is 0.922. The Hall–Kier alpha value is -1.39. The summed E-state index contributed by atoms with van der Waals surface area (Å²) < 4.78 is 11.9. The van der Waals surface area contributed by atoms with Crippen LogP contribution in [0.4, 0.5) is 0 Å². The molecular weight excluding hydrogens is 254 g/mol. The predicted molar refractivity (Wildman–Crippen MR) is 75.4 cm³/mol. The van der Waals surface area contributed by atoms with E-state index in [1.54, 1.807) is 0 Å². The van der Waals surface area contributed by atoms with Crippen LogP contribution in [-0.4, -0.2) is 30.9 Å². The molecule has 1 heterocycles. The number of carbonyl (C=O) groups excluding carboxylic acids is 1. The molecule has 1 saturated carbocycles. The second kappa shape index (κ2) is 5.94. The van der Waals surface area contributed by atoms with Gasteiger partial charge in [-0.1, -0.05) is 24.6 Å². The summed E-state index contributed by atoms with van der Waals surface area (Å²) in [7, 11) is 0. The van der Waals surface area contributed by atoms with E-state index in [9.17, 15) is 4.79 Å². The zero-order valence-electron chi connectivity index (χ0n) is 11.6. The van der Waals surface area contributed by atoms with Gasteiger partial charge in [0.05, 0.1) is 6.61 Å². The zero-order chi connectivity index (χ0) is 13.8. The van der Waals surface area contributed by atoms with Crippen LogP contribution in [0.3, 0.4) is 0 Å². The van der Waals surface area contributed by atoms with Gasteiger partial charge in [-0.05, 0) is 25.0 Å². The highest BCUT2D eigenvalue weighted by molar-refractivity contribution is 5.94. The number of benzene rings is 1. The van der Waals surface area contributed by atoms with Crippen LogP contribution in [0, 0.1) is 0 Å². The maximum atomic E-state index is 12.0. The summed E-state index contributed by atoms with van der Waals surface area (Å²) in [5, 5.41) is 2.92. The van der Waals surface area contributed by atoms with Gasteiger partial charge in [0.15, 0.2) is 5.79 Å². The van der Waals surface area contributed by atoms with E-state index in [2.05, 4.69) is 5.32 Å². The lowest BCUT2D eigenvalue weighted by molar-refractivity contribution is -0.186. The second-order valence-corrected chi connectivity index (χ2v) is 5.60. The van der Waals surface area contributed by atoms with Crippen LogP contribution in [0.5, 0.6) is 0 Å². The number of hydrogen-bond acceptors (Lipinski definition) is 3. The lowest BCUT2D eigenvalue weighted by Crippen LogP contribution is -2.37. The second-order valence-electron chi connectivity index (χ2n) is 5.60. The smallest absolute Gasteiger partial charge is 0.251 e. The molecule has 0 aromatic heterocycles. The molecule has 1 aliphatic heterocycles. The Bertz CT molecular complexity index is 454. The Balaban J connectivity index is 1.49. The summed E-state index contributed by atoms with van der Waals surface area (Å²) in [6.07, 6.45) is 5.54. The molecule has 20 heavy (non-hydrogen) atoms. The molecule has 1 saturated heterocycles. The predicted octanol–water partition coefficient (Wildman–Crippen LogP) is 2.49. The van der Waals surface area contributed by atoms with Crippen LogP contribution < -0.4 is 5.32 Å². The van der Waals surface area contributed by atoms with Gasteiger partial charge in [-0.2, -0.15) is 0 Å². The third-order valence-corrected chi connectivity index (χ3v) is 4.06. The molecule has 1 atom stereocenters. The molecule has 0 unspecified atom stereocenters. The highest BCUT2D eigenvalue weighted by atomic mass is 16.7. The molecule has 2 fully saturated rings. The number of carbonyl (C=O) groups is 1. The van der Waals surface area contributed by atoms with Crippen LogP contribution >= 0.6 is 0 Å². The Labute approximate surface area is 119 Å². The van der Waals surface area contributed by atoms with Gasteiger partial charge < -0.3 is 14.8 Å². The minimum atomic E-state index is -0.361. The minimum absolute atomic E-state index is 0.0271. The first-order valence-electron chi connectivity index (χ1n) is 7.42. The van der Waals surface area contributed by atoms with E-state index in [0.29, 0.717) is 18.7 Å². The number of ether oxygens (including phenoxy) is 2. The van der Waals surface area contributed by atoms with Crippen molar-refractivity contribution in [2.24, 2.45) is 0 Å². The summed E-state index contributed by atoms with van der Waals surface area (Å²) >= 11 is 0. The number of rotatable bonds is 3. The van der Waals surface area contributed by atoms with E-state index < -0.39 is 0 Å². The molecular formula is C16H21NO3. The van der Waals surface area contributed by atoms with Crippen molar-refractivity contribution >= 4 is 5.91 Å². The minimum Gasteiger partial charge on any atom is -0.349 e. The average molecular weight is 275 g/mol. The highest BCUT2D eigenvalue weighted by Gasteiger charge is 2.42. The van der Waals surface area contributed by atoms with Crippen molar-refractivity contribution in [2.45, 2.75) is 44.0 Å². The lowest BCUT2D eigenvalue weighted by atomic mass is 9.94. The molecule has 1 aliphatic carbocycles. The Kier molecular flexibility index (Phi) is 4.03. The van der Waals surface area contributed by atoms with E-state index in [0.717, 1.165) is 12.8 Å². The number of nitrogens with one attached hydrogen (secondary N) is 1. The third kappa shape index (κ3) is 3.02. The maximum Gasteiger partial charge on any atom is 0.251 e. The maximum absolute atomic E-state index is 12.0. The molecule has 1 amide bonds. The monoisotopic (exact) mass is 275 g/mol. The molecule has 1 N–H and O–H groups in total. The van der Waals surface area contributed by atoms with E-state index >= 15 is 0 Å². The summed E-state index contributed by atoms with van der Waals surface area (Å²) in [5.41, 5.74) is 0.679. The largest absolute Gasteiger partial charge is 0.349 e. The van der Waals surface area contributed by atoms with E-state index in [4.69, 9.17) is 9.47 Å². The molecule has 1 aromatic rings. The van der Waals surface area contributed by atoms with Gasteiger partial charge in [0.2, 0.25) is 0 Å². The van der Waals surface area contributed by atoms with Crippen molar-refractivity contribution in [3.8, 4) is 0 Å². The summed E-state index contributed by atoms with van der Waals surface area (Å²) in [5.74, 6) is -0.417. The van der Waals surface area contributed by atoms with E-state index in [-0.39, 0.29) is 17.8 Å². The molecule has 3 rings (SSSR count). The third-order valence-electron chi connectivity index (χ3n) is 4.06. The van der Waals surface area contributed by atoms with Crippen molar-refractivity contribution in [3.05, 3.63) is 35.9 Å². The van der Waals surface area contributed by atoms with Gasteiger partial charge in [-0.15, -0.1) is 0 Å². The Morgan fingerprint density at radius 3 is 2.70 bits per heavy atom. The molecule has 1 spiro atoms. The van der Waals surface area contributed by atoms with E-state index in [1.165, 1.54) is 19.3 Å². The Morgan fingerprint density at radius 2 is 1.95 bits per heavy atom. The van der Waals surface area contributed by atoms with Crippen molar-refractivity contribution < 1.29 is 14.3 Å². The average Bonchev–Trinajstić information content (AvgIpc) is 2.89. The topological polar surface area (TPSA) is 47.6 Å². The standard InChI is InChI=1S/C16H21NO3/c18-15(13-7-3-1-4-8-13)17-11-14-12-19-16(20-14)9-5-2-6-10-16/h1,3-4,7-8,14H,2,5-6,9-12H2,(H,17,18)/t14-/m0/s1. The van der Waals surface area contributed by atoms with E-state index in [1.807, 2.05) is 30.3 Å². The summed E-state index contributed by atoms with van der Waals surface area (Å²) in [6.45, 7) is 1.09. The Morgan fingerprint density at radius 1 is 1.20 bits per heavy atom. The van der Waals surface area contributed by atoms with Gasteiger partial charge >= 0.3 is 0 Å². The fourth-order valence-electron chi connectivity index (χ4n) is 2.97. The first-order valence-corrected chi connectivity index (χ1v) is 7.42. The fourth-order valence-corrected chi connectivity index (χ4v) is 2.97. The van der Waals surface area contributed by atoms with Crippen molar-refractivity contribution in [2.75, 3.05) is 13.2 Å². The zero-order valence-corrected chi connectivity index (χ0v) is 11.6. The van der Waals surface area contributed by atoms with Crippen LogP contribution in [0.2, 0.25) is 0 Å². The molecule has 2 aliphatic rings. The SMILES string of the molecule is O=C(NC[C@H]1COC2(CCCCC2)O1)c1ccccc1.